The van der Waals surface area contributed by atoms with E-state index in [4.69, 9.17) is 11.2 Å². The van der Waals surface area contributed by atoms with E-state index in [-0.39, 0.29) is 12.0 Å². The molecule has 100 valence electrons. The lowest BCUT2D eigenvalue weighted by atomic mass is 9.85. The predicted octanol–water partition coefficient (Wildman–Crippen LogP) is 0.769. The quantitative estimate of drug-likeness (QED) is 0.591. The first kappa shape index (κ1) is 13.4. The van der Waals surface area contributed by atoms with Gasteiger partial charge < -0.3 is 4.74 Å². The average molecular weight is 250 g/mol. The van der Waals surface area contributed by atoms with Crippen LogP contribution in [-0.2, 0) is 9.53 Å². The number of hydrogen-bond acceptors (Lipinski definition) is 4. The number of hydrogen-bond donors (Lipinski definition) is 1. The smallest absolute Gasteiger partial charge is 0.328 e. The van der Waals surface area contributed by atoms with Crippen molar-refractivity contribution in [2.75, 3.05) is 26.2 Å². The predicted molar refractivity (Wildman–Crippen MR) is 70.0 cm³/mol. The molecule has 4 nitrogen and oxygen atoms in total. The molecule has 0 aromatic heterocycles. The molecule has 2 atom stereocenters. The molecular weight excluding hydrogens is 228 g/mol. The molecule has 2 fully saturated rings. The maximum atomic E-state index is 12.3. The van der Waals surface area contributed by atoms with E-state index in [2.05, 4.69) is 16.1 Å². The third-order valence-electron chi connectivity index (χ3n) is 4.12. The van der Waals surface area contributed by atoms with E-state index < -0.39 is 5.54 Å². The van der Waals surface area contributed by atoms with Crippen molar-refractivity contribution >= 4 is 5.97 Å². The van der Waals surface area contributed by atoms with Crippen molar-refractivity contribution in [1.82, 2.24) is 10.2 Å². The molecule has 2 saturated heterocycles. The summed E-state index contributed by atoms with van der Waals surface area (Å²) < 4.78 is 5.28. The van der Waals surface area contributed by atoms with Gasteiger partial charge in [-0.3, -0.25) is 10.2 Å². The van der Waals surface area contributed by atoms with Crippen LogP contribution in [0.1, 0.15) is 32.6 Å². The molecule has 0 aliphatic carbocycles. The topological polar surface area (TPSA) is 41.6 Å². The number of ether oxygens (including phenoxy) is 1. The summed E-state index contributed by atoms with van der Waals surface area (Å²) in [6.45, 7) is 4.74. The number of esters is 1. The fourth-order valence-corrected chi connectivity index (χ4v) is 3.29. The van der Waals surface area contributed by atoms with Gasteiger partial charge in [0.05, 0.1) is 13.2 Å². The Morgan fingerprint density at radius 1 is 1.56 bits per heavy atom. The summed E-state index contributed by atoms with van der Waals surface area (Å²) in [5.74, 6) is 2.44. The summed E-state index contributed by atoms with van der Waals surface area (Å²) in [6.07, 6.45) is 9.59. The van der Waals surface area contributed by atoms with Gasteiger partial charge in [0.2, 0.25) is 0 Å². The van der Waals surface area contributed by atoms with E-state index in [1.165, 1.54) is 12.8 Å². The minimum Gasteiger partial charge on any atom is -0.465 e. The molecule has 2 aliphatic rings. The SMILES string of the molecule is C#CCNC1(C(=O)OCC)CCN2CCCCC21. The van der Waals surface area contributed by atoms with Crippen molar-refractivity contribution in [2.24, 2.45) is 0 Å². The fourth-order valence-electron chi connectivity index (χ4n) is 3.29. The first-order chi connectivity index (χ1) is 8.74. The zero-order valence-electron chi connectivity index (χ0n) is 11.1. The highest BCUT2D eigenvalue weighted by molar-refractivity contribution is 5.82. The number of terminal acetylenes is 1. The van der Waals surface area contributed by atoms with Crippen molar-refractivity contribution in [3.63, 3.8) is 0 Å². The molecule has 0 aromatic rings. The first-order valence-electron chi connectivity index (χ1n) is 6.84. The van der Waals surface area contributed by atoms with Crippen LogP contribution in [0, 0.1) is 12.3 Å². The Kier molecular flexibility index (Phi) is 4.26. The van der Waals surface area contributed by atoms with Gasteiger partial charge in [-0.15, -0.1) is 6.42 Å². The number of piperidine rings is 1. The Labute approximate surface area is 109 Å². The van der Waals surface area contributed by atoms with Crippen LogP contribution in [0.15, 0.2) is 0 Å². The van der Waals surface area contributed by atoms with Crippen LogP contribution < -0.4 is 5.32 Å². The van der Waals surface area contributed by atoms with E-state index >= 15 is 0 Å². The van der Waals surface area contributed by atoms with E-state index in [1.54, 1.807) is 0 Å². The van der Waals surface area contributed by atoms with Crippen LogP contribution in [0.2, 0.25) is 0 Å². The second-order valence-corrected chi connectivity index (χ2v) is 5.05. The Hall–Kier alpha value is -1.05. The average Bonchev–Trinajstić information content (AvgIpc) is 2.77. The minimum absolute atomic E-state index is 0.130. The van der Waals surface area contributed by atoms with Crippen LogP contribution >= 0.6 is 0 Å². The summed E-state index contributed by atoms with van der Waals surface area (Å²) in [5, 5.41) is 3.28. The third-order valence-corrected chi connectivity index (χ3v) is 4.12. The van der Waals surface area contributed by atoms with Gasteiger partial charge in [0.25, 0.3) is 0 Å². The van der Waals surface area contributed by atoms with Gasteiger partial charge in [0.1, 0.15) is 5.54 Å². The zero-order valence-corrected chi connectivity index (χ0v) is 11.1. The zero-order chi connectivity index (χ0) is 13.0. The fraction of sp³-hybridized carbons (Fsp3) is 0.786. The second kappa shape index (κ2) is 5.73. The van der Waals surface area contributed by atoms with Crippen molar-refractivity contribution in [3.05, 3.63) is 0 Å². The molecule has 2 aliphatic heterocycles. The monoisotopic (exact) mass is 250 g/mol. The van der Waals surface area contributed by atoms with Gasteiger partial charge in [-0.25, -0.2) is 4.79 Å². The van der Waals surface area contributed by atoms with E-state index in [9.17, 15) is 4.79 Å². The molecular formula is C14H22N2O2. The molecule has 2 rings (SSSR count). The van der Waals surface area contributed by atoms with Gasteiger partial charge in [-0.2, -0.15) is 0 Å². The molecule has 0 aromatic carbocycles. The number of carbonyl (C=O) groups is 1. The van der Waals surface area contributed by atoms with E-state index in [0.29, 0.717) is 13.2 Å². The maximum absolute atomic E-state index is 12.3. The molecule has 0 saturated carbocycles. The Bertz CT molecular complexity index is 350. The standard InChI is InChI=1S/C14H22N2O2/c1-3-9-15-14(13(17)18-4-2)8-11-16-10-6-5-7-12(14)16/h1,12,15H,4-11H2,2H3. The van der Waals surface area contributed by atoms with Crippen LogP contribution in [0.4, 0.5) is 0 Å². The van der Waals surface area contributed by atoms with Crippen molar-refractivity contribution in [2.45, 2.75) is 44.2 Å². The molecule has 1 N–H and O–H groups in total. The molecule has 2 heterocycles. The van der Waals surface area contributed by atoms with E-state index in [0.717, 1.165) is 25.9 Å². The largest absolute Gasteiger partial charge is 0.465 e. The van der Waals surface area contributed by atoms with Crippen LogP contribution in [-0.4, -0.2) is 48.7 Å². The van der Waals surface area contributed by atoms with Gasteiger partial charge in [0, 0.05) is 12.6 Å². The van der Waals surface area contributed by atoms with Gasteiger partial charge in [-0.05, 0) is 32.7 Å². The summed E-state index contributed by atoms with van der Waals surface area (Å²) in [7, 11) is 0. The van der Waals surface area contributed by atoms with Gasteiger partial charge >= 0.3 is 5.97 Å². The Balaban J connectivity index is 2.19. The van der Waals surface area contributed by atoms with Crippen LogP contribution in [0.3, 0.4) is 0 Å². The van der Waals surface area contributed by atoms with Gasteiger partial charge in [-0.1, -0.05) is 12.3 Å². The van der Waals surface area contributed by atoms with E-state index in [1.807, 2.05) is 6.92 Å². The number of nitrogens with zero attached hydrogens (tertiary/aromatic N) is 1. The number of rotatable bonds is 4. The minimum atomic E-state index is -0.581. The molecule has 0 bridgehead atoms. The second-order valence-electron chi connectivity index (χ2n) is 5.05. The summed E-state index contributed by atoms with van der Waals surface area (Å²) in [5.41, 5.74) is -0.581. The third kappa shape index (κ3) is 2.25. The molecule has 18 heavy (non-hydrogen) atoms. The molecule has 2 unspecified atom stereocenters. The Morgan fingerprint density at radius 3 is 3.11 bits per heavy atom. The van der Waals surface area contributed by atoms with Crippen molar-refractivity contribution < 1.29 is 9.53 Å². The normalized spacial score (nSPS) is 31.7. The highest BCUT2D eigenvalue weighted by Gasteiger charge is 2.53. The number of nitrogens with one attached hydrogen (secondary N) is 1. The van der Waals surface area contributed by atoms with Gasteiger partial charge in [0.15, 0.2) is 0 Å². The molecule has 0 spiro atoms. The number of carbonyl (C=O) groups excluding carboxylic acids is 1. The first-order valence-corrected chi connectivity index (χ1v) is 6.84. The lowest BCUT2D eigenvalue weighted by molar-refractivity contribution is -0.152. The molecule has 0 amide bonds. The maximum Gasteiger partial charge on any atom is 0.328 e. The highest BCUT2D eigenvalue weighted by Crippen LogP contribution is 2.36. The number of fused-ring (bicyclic) bond motifs is 1. The summed E-state index contributed by atoms with van der Waals surface area (Å²) >= 11 is 0. The molecule has 0 radical (unpaired) electrons. The summed E-state index contributed by atoms with van der Waals surface area (Å²) in [6, 6.07) is 0.249. The molecule has 4 heteroatoms. The van der Waals surface area contributed by atoms with Crippen molar-refractivity contribution in [1.29, 1.82) is 0 Å². The Morgan fingerprint density at radius 2 is 2.39 bits per heavy atom. The highest BCUT2D eigenvalue weighted by atomic mass is 16.5. The van der Waals surface area contributed by atoms with Crippen LogP contribution in [0.5, 0.6) is 0 Å². The van der Waals surface area contributed by atoms with Crippen LogP contribution in [0.25, 0.3) is 0 Å². The van der Waals surface area contributed by atoms with Crippen molar-refractivity contribution in [3.8, 4) is 12.3 Å². The summed E-state index contributed by atoms with van der Waals surface area (Å²) in [4.78, 5) is 14.8. The lowest BCUT2D eigenvalue weighted by Gasteiger charge is -2.39. The lowest BCUT2D eigenvalue weighted by Crippen LogP contribution is -2.61.